The van der Waals surface area contributed by atoms with Gasteiger partial charge >= 0.3 is 6.61 Å². The van der Waals surface area contributed by atoms with E-state index in [4.69, 9.17) is 4.74 Å². The van der Waals surface area contributed by atoms with Crippen LogP contribution in [0.3, 0.4) is 0 Å². The van der Waals surface area contributed by atoms with Crippen molar-refractivity contribution in [3.63, 3.8) is 0 Å². The van der Waals surface area contributed by atoms with Crippen molar-refractivity contribution < 1.29 is 18.3 Å². The Kier molecular flexibility index (Phi) is 11.4. The van der Waals surface area contributed by atoms with E-state index in [9.17, 15) is 8.78 Å². The molecule has 2 N–H and O–H groups in total. The lowest BCUT2D eigenvalue weighted by Crippen LogP contribution is -2.45. The second-order valence-electron chi connectivity index (χ2n) is 6.42. The van der Waals surface area contributed by atoms with E-state index in [1.165, 1.54) is 20.0 Å². The summed E-state index contributed by atoms with van der Waals surface area (Å²) in [6.07, 6.45) is 3.10. The third kappa shape index (κ3) is 7.57. The Labute approximate surface area is 183 Å². The number of likely N-dealkylation sites (tertiary alicyclic amines) is 1. The fraction of sp³-hybridized carbons (Fsp3) is 0.632. The fourth-order valence-electron chi connectivity index (χ4n) is 3.37. The van der Waals surface area contributed by atoms with Gasteiger partial charge in [0.15, 0.2) is 17.5 Å². The van der Waals surface area contributed by atoms with Crippen molar-refractivity contribution in [3.8, 4) is 11.5 Å². The van der Waals surface area contributed by atoms with Crippen LogP contribution in [0.15, 0.2) is 23.2 Å². The van der Waals surface area contributed by atoms with E-state index < -0.39 is 6.61 Å². The number of guanidine groups is 1. The molecule has 1 unspecified atom stereocenters. The molecule has 1 aliphatic rings. The SMILES string of the molecule is CCN1CCCC1CNC(=NC)NCCc1ccc(OC)c(OC(F)F)c1.I. The topological polar surface area (TPSA) is 58.1 Å². The van der Waals surface area contributed by atoms with Crippen molar-refractivity contribution in [3.05, 3.63) is 23.8 Å². The smallest absolute Gasteiger partial charge is 0.387 e. The van der Waals surface area contributed by atoms with E-state index in [2.05, 4.69) is 32.2 Å². The van der Waals surface area contributed by atoms with E-state index in [1.807, 2.05) is 6.07 Å². The highest BCUT2D eigenvalue weighted by Crippen LogP contribution is 2.29. The first-order valence-electron chi connectivity index (χ1n) is 9.37. The summed E-state index contributed by atoms with van der Waals surface area (Å²) in [5.41, 5.74) is 0.877. The van der Waals surface area contributed by atoms with Gasteiger partial charge in [0, 0.05) is 26.2 Å². The molecule has 0 bridgehead atoms. The molecule has 0 saturated carbocycles. The molecule has 6 nitrogen and oxygen atoms in total. The minimum atomic E-state index is -2.88. The van der Waals surface area contributed by atoms with Crippen LogP contribution in [0, 0.1) is 0 Å². The zero-order valence-corrected chi connectivity index (χ0v) is 19.0. The van der Waals surface area contributed by atoms with Crippen LogP contribution in [0.4, 0.5) is 8.78 Å². The molecule has 9 heteroatoms. The highest BCUT2D eigenvalue weighted by molar-refractivity contribution is 14.0. The van der Waals surface area contributed by atoms with Crippen molar-refractivity contribution >= 4 is 29.9 Å². The zero-order chi connectivity index (χ0) is 19.6. The van der Waals surface area contributed by atoms with E-state index in [0.717, 1.165) is 31.2 Å². The summed E-state index contributed by atoms with van der Waals surface area (Å²) in [6, 6.07) is 5.61. The first-order valence-corrected chi connectivity index (χ1v) is 9.37. The lowest BCUT2D eigenvalue weighted by Gasteiger charge is -2.24. The molecule has 1 fully saturated rings. The number of ether oxygens (including phenoxy) is 2. The van der Waals surface area contributed by atoms with E-state index in [1.54, 1.807) is 19.2 Å². The van der Waals surface area contributed by atoms with Crippen molar-refractivity contribution in [2.75, 3.05) is 40.3 Å². The third-order valence-electron chi connectivity index (χ3n) is 4.78. The molecule has 0 aromatic heterocycles. The third-order valence-corrected chi connectivity index (χ3v) is 4.78. The lowest BCUT2D eigenvalue weighted by atomic mass is 10.1. The van der Waals surface area contributed by atoms with Crippen LogP contribution in [0.1, 0.15) is 25.3 Å². The molecule has 2 rings (SSSR count). The van der Waals surface area contributed by atoms with Gasteiger partial charge in [0.25, 0.3) is 0 Å². The Morgan fingerprint density at radius 3 is 2.75 bits per heavy atom. The number of nitrogens with zero attached hydrogens (tertiary/aromatic N) is 2. The average molecular weight is 512 g/mol. The summed E-state index contributed by atoms with van der Waals surface area (Å²) in [4.78, 5) is 6.72. The van der Waals surface area contributed by atoms with Crippen molar-refractivity contribution in [1.82, 2.24) is 15.5 Å². The Bertz CT molecular complexity index is 620. The molecule has 1 atom stereocenters. The second kappa shape index (κ2) is 13.0. The Balaban J connectivity index is 0.00000392. The van der Waals surface area contributed by atoms with E-state index in [-0.39, 0.29) is 29.7 Å². The Morgan fingerprint density at radius 1 is 1.32 bits per heavy atom. The number of methoxy groups -OCH3 is 1. The molecule has 1 aromatic rings. The number of rotatable bonds is 9. The normalized spacial score (nSPS) is 17.4. The van der Waals surface area contributed by atoms with Crippen LogP contribution in [0.2, 0.25) is 0 Å². The largest absolute Gasteiger partial charge is 0.493 e. The number of hydrogen-bond acceptors (Lipinski definition) is 4. The Morgan fingerprint density at radius 2 is 2.11 bits per heavy atom. The first-order chi connectivity index (χ1) is 13.1. The maximum atomic E-state index is 12.5. The fourth-order valence-corrected chi connectivity index (χ4v) is 3.37. The number of alkyl halides is 2. The highest BCUT2D eigenvalue weighted by atomic mass is 127. The van der Waals surface area contributed by atoms with Gasteiger partial charge in [-0.05, 0) is 50.0 Å². The molecular weight excluding hydrogens is 481 g/mol. The van der Waals surface area contributed by atoms with Crippen LogP contribution in [-0.4, -0.2) is 63.8 Å². The van der Waals surface area contributed by atoms with E-state index in [0.29, 0.717) is 24.8 Å². The van der Waals surface area contributed by atoms with Gasteiger partial charge in [-0.25, -0.2) is 0 Å². The van der Waals surface area contributed by atoms with Gasteiger partial charge in [-0.2, -0.15) is 8.78 Å². The van der Waals surface area contributed by atoms with Gasteiger partial charge in [-0.3, -0.25) is 9.89 Å². The van der Waals surface area contributed by atoms with Gasteiger partial charge in [-0.1, -0.05) is 13.0 Å². The minimum Gasteiger partial charge on any atom is -0.493 e. The number of hydrogen-bond donors (Lipinski definition) is 2. The van der Waals surface area contributed by atoms with Crippen LogP contribution < -0.4 is 20.1 Å². The molecular formula is C19H31F2IN4O2. The molecule has 0 radical (unpaired) electrons. The molecule has 0 aliphatic carbocycles. The van der Waals surface area contributed by atoms with Gasteiger partial charge in [0.1, 0.15) is 0 Å². The van der Waals surface area contributed by atoms with Crippen molar-refractivity contribution in [2.45, 2.75) is 38.8 Å². The molecule has 28 heavy (non-hydrogen) atoms. The van der Waals surface area contributed by atoms with Crippen molar-refractivity contribution in [1.29, 1.82) is 0 Å². The summed E-state index contributed by atoms with van der Waals surface area (Å²) in [5, 5.41) is 6.63. The summed E-state index contributed by atoms with van der Waals surface area (Å²) < 4.78 is 34.6. The summed E-state index contributed by atoms with van der Waals surface area (Å²) in [6.45, 7) is 3.03. The summed E-state index contributed by atoms with van der Waals surface area (Å²) >= 11 is 0. The maximum absolute atomic E-state index is 12.5. The van der Waals surface area contributed by atoms with Crippen LogP contribution >= 0.6 is 24.0 Å². The maximum Gasteiger partial charge on any atom is 0.387 e. The molecule has 0 amide bonds. The van der Waals surface area contributed by atoms with Gasteiger partial charge in [0.2, 0.25) is 0 Å². The van der Waals surface area contributed by atoms with Crippen molar-refractivity contribution in [2.24, 2.45) is 4.99 Å². The minimum absolute atomic E-state index is 0. The number of halogens is 3. The highest BCUT2D eigenvalue weighted by Gasteiger charge is 2.22. The first kappa shape index (κ1) is 24.7. The predicted octanol–water partition coefficient (Wildman–Crippen LogP) is 3.11. The van der Waals surface area contributed by atoms with Crippen LogP contribution in [0.25, 0.3) is 0 Å². The quantitative estimate of drug-likeness (QED) is 0.303. The molecule has 160 valence electrons. The monoisotopic (exact) mass is 512 g/mol. The molecule has 0 spiro atoms. The second-order valence-corrected chi connectivity index (χ2v) is 6.42. The van der Waals surface area contributed by atoms with Crippen LogP contribution in [-0.2, 0) is 6.42 Å². The number of nitrogens with one attached hydrogen (secondary N) is 2. The van der Waals surface area contributed by atoms with Gasteiger partial charge in [0.05, 0.1) is 7.11 Å². The lowest BCUT2D eigenvalue weighted by molar-refractivity contribution is -0.0512. The Hall–Kier alpha value is -1.36. The molecule has 1 aliphatic heterocycles. The molecule has 1 saturated heterocycles. The van der Waals surface area contributed by atoms with Gasteiger partial charge in [-0.15, -0.1) is 24.0 Å². The summed E-state index contributed by atoms with van der Waals surface area (Å²) in [7, 11) is 3.16. The summed E-state index contributed by atoms with van der Waals surface area (Å²) in [5.74, 6) is 1.09. The van der Waals surface area contributed by atoms with Crippen LogP contribution in [0.5, 0.6) is 11.5 Å². The number of aliphatic imine (C=N–C) groups is 1. The predicted molar refractivity (Wildman–Crippen MR) is 118 cm³/mol. The molecule has 1 aromatic carbocycles. The standard InChI is InChI=1S/C19H30F2N4O2.HI/c1-4-25-11-5-6-15(25)13-24-19(22-2)23-10-9-14-7-8-16(26-3)17(12-14)27-18(20)21;/h7-8,12,15,18H,4-6,9-11,13H2,1-3H3,(H2,22,23,24);1H. The zero-order valence-electron chi connectivity index (χ0n) is 16.7. The molecule has 1 heterocycles. The number of likely N-dealkylation sites (N-methyl/N-ethyl adjacent to an activating group) is 1. The van der Waals surface area contributed by atoms with Gasteiger partial charge < -0.3 is 20.1 Å². The number of benzene rings is 1. The average Bonchev–Trinajstić information content (AvgIpc) is 3.11. The van der Waals surface area contributed by atoms with E-state index >= 15 is 0 Å².